The minimum Gasteiger partial charge on any atom is -0.236 e. The number of hydrogen-bond acceptors (Lipinski definition) is 3. The normalized spacial score (nSPS) is 11.5. The molecule has 0 atom stereocenters. The summed E-state index contributed by atoms with van der Waals surface area (Å²) >= 11 is 0. The Bertz CT molecular complexity index is 895. The topological polar surface area (TPSA) is 51.2 Å². The van der Waals surface area contributed by atoms with Crippen LogP contribution in [-0.4, -0.2) is 14.7 Å². The van der Waals surface area contributed by atoms with Gasteiger partial charge >= 0.3 is 0 Å². The number of rotatable bonds is 3. The maximum Gasteiger partial charge on any atom is 0.227 e. The molecule has 0 bridgehead atoms. The fourth-order valence-corrected chi connectivity index (χ4v) is 2.98. The fraction of sp³-hybridized carbons (Fsp3) is 0.118. The molecule has 0 aliphatic heterocycles. The first kappa shape index (κ1) is 14.5. The van der Waals surface area contributed by atoms with E-state index in [0.29, 0.717) is 10.7 Å². The van der Waals surface area contributed by atoms with Gasteiger partial charge in [-0.1, -0.05) is 30.3 Å². The molecule has 5 heteroatoms. The molecule has 0 N–H and O–H groups in total. The summed E-state index contributed by atoms with van der Waals surface area (Å²) in [4.78, 5) is 0.299. The molecule has 4 nitrogen and oxygen atoms in total. The van der Waals surface area contributed by atoms with Gasteiger partial charge in [-0.2, -0.15) is 0 Å². The van der Waals surface area contributed by atoms with E-state index in [1.807, 2.05) is 43.6 Å². The minimum absolute atomic E-state index is 0.299. The third-order valence-corrected chi connectivity index (χ3v) is 4.55. The summed E-state index contributed by atoms with van der Waals surface area (Å²) in [6.45, 7) is 0. The van der Waals surface area contributed by atoms with Crippen molar-refractivity contribution in [3.05, 3.63) is 60.8 Å². The first-order valence-electron chi connectivity index (χ1n) is 6.81. The molecule has 0 saturated heterocycles. The smallest absolute Gasteiger partial charge is 0.227 e. The van der Waals surface area contributed by atoms with Crippen molar-refractivity contribution in [1.82, 2.24) is 0 Å². The highest BCUT2D eigenvalue weighted by Gasteiger charge is 2.19. The van der Waals surface area contributed by atoms with E-state index in [4.69, 9.17) is 4.52 Å². The van der Waals surface area contributed by atoms with Crippen molar-refractivity contribution < 1.29 is 17.7 Å². The zero-order valence-corrected chi connectivity index (χ0v) is 13.2. The Morgan fingerprint density at radius 3 is 2.14 bits per heavy atom. The number of benzene rings is 2. The van der Waals surface area contributed by atoms with Crippen LogP contribution in [0.3, 0.4) is 0 Å². The van der Waals surface area contributed by atoms with E-state index >= 15 is 0 Å². The molecule has 0 spiro atoms. The van der Waals surface area contributed by atoms with E-state index in [2.05, 4.69) is 0 Å². The van der Waals surface area contributed by atoms with Crippen LogP contribution in [0, 0.1) is 0 Å². The summed E-state index contributed by atoms with van der Waals surface area (Å²) in [7, 11) is -1.37. The van der Waals surface area contributed by atoms with Crippen molar-refractivity contribution in [3.63, 3.8) is 0 Å². The van der Waals surface area contributed by atoms with Crippen LogP contribution >= 0.6 is 0 Å². The Balaban J connectivity index is 2.10. The van der Waals surface area contributed by atoms with Crippen LogP contribution in [0.2, 0.25) is 0 Å². The van der Waals surface area contributed by atoms with Crippen molar-refractivity contribution in [2.24, 2.45) is 7.05 Å². The molecule has 112 valence electrons. The molecule has 22 heavy (non-hydrogen) atoms. The summed E-state index contributed by atoms with van der Waals surface area (Å²) in [5, 5.41) is 0. The van der Waals surface area contributed by atoms with Gasteiger partial charge in [0.1, 0.15) is 5.56 Å². The largest absolute Gasteiger partial charge is 0.236 e. The first-order chi connectivity index (χ1) is 10.4. The molecule has 2 aromatic carbocycles. The molecule has 0 aliphatic rings. The number of nitrogens with zero attached hydrogens (tertiary/aromatic N) is 1. The van der Waals surface area contributed by atoms with Gasteiger partial charge < -0.3 is 0 Å². The van der Waals surface area contributed by atoms with Gasteiger partial charge in [0, 0.05) is 11.8 Å². The third-order valence-electron chi connectivity index (χ3n) is 3.42. The number of hydrogen-bond donors (Lipinski definition) is 0. The lowest BCUT2D eigenvalue weighted by Crippen LogP contribution is -2.22. The Hall–Kier alpha value is -2.40. The van der Waals surface area contributed by atoms with Crippen LogP contribution in [-0.2, 0) is 16.9 Å². The zero-order chi connectivity index (χ0) is 15.7. The van der Waals surface area contributed by atoms with E-state index in [-0.39, 0.29) is 0 Å². The van der Waals surface area contributed by atoms with Gasteiger partial charge in [0.2, 0.25) is 12.0 Å². The van der Waals surface area contributed by atoms with Crippen LogP contribution in [0.4, 0.5) is 0 Å². The predicted molar refractivity (Wildman–Crippen MR) is 83.9 cm³/mol. The van der Waals surface area contributed by atoms with Gasteiger partial charge in [-0.3, -0.25) is 0 Å². The summed E-state index contributed by atoms with van der Waals surface area (Å²) in [5.41, 5.74) is 2.86. The Labute approximate surface area is 129 Å². The van der Waals surface area contributed by atoms with Crippen molar-refractivity contribution in [2.45, 2.75) is 4.90 Å². The highest BCUT2D eigenvalue weighted by atomic mass is 32.2. The molecule has 3 rings (SSSR count). The molecule has 0 fully saturated rings. The lowest BCUT2D eigenvalue weighted by Gasteiger charge is -2.01. The molecule has 1 heterocycles. The average molecular weight is 314 g/mol. The van der Waals surface area contributed by atoms with Crippen LogP contribution in [0.25, 0.3) is 22.5 Å². The second kappa shape index (κ2) is 5.42. The molecule has 0 radical (unpaired) electrons. The van der Waals surface area contributed by atoms with Gasteiger partial charge in [-0.15, -0.1) is 0 Å². The number of aromatic nitrogens is 1. The molecule has 3 aromatic rings. The quantitative estimate of drug-likeness (QED) is 0.699. The van der Waals surface area contributed by atoms with Crippen molar-refractivity contribution >= 4 is 9.84 Å². The predicted octanol–water partition coefficient (Wildman–Crippen LogP) is 2.84. The third kappa shape index (κ3) is 2.80. The first-order valence-corrected chi connectivity index (χ1v) is 8.70. The number of sulfone groups is 1. The maximum absolute atomic E-state index is 11.5. The van der Waals surface area contributed by atoms with Crippen molar-refractivity contribution in [2.75, 3.05) is 6.26 Å². The summed E-state index contributed by atoms with van der Waals surface area (Å²) in [5.74, 6) is 0.716. The fourth-order valence-electron chi connectivity index (χ4n) is 2.35. The van der Waals surface area contributed by atoms with E-state index in [1.54, 1.807) is 29.0 Å². The summed E-state index contributed by atoms with van der Waals surface area (Å²) in [6, 6.07) is 16.7. The van der Waals surface area contributed by atoms with Crippen LogP contribution in [0.1, 0.15) is 0 Å². The van der Waals surface area contributed by atoms with Crippen LogP contribution in [0.5, 0.6) is 0 Å². The molecule has 0 unspecified atom stereocenters. The molecular weight excluding hydrogens is 298 g/mol. The molecule has 0 amide bonds. The van der Waals surface area contributed by atoms with Crippen LogP contribution in [0.15, 0.2) is 70.2 Å². The van der Waals surface area contributed by atoms with Crippen LogP contribution < -0.4 is 4.74 Å². The monoisotopic (exact) mass is 314 g/mol. The molecule has 0 saturated carbocycles. The Kier molecular flexibility index (Phi) is 3.58. The maximum atomic E-state index is 11.5. The van der Waals surface area contributed by atoms with Gasteiger partial charge in [0.05, 0.1) is 4.90 Å². The summed E-state index contributed by atoms with van der Waals surface area (Å²) in [6.07, 6.45) is 3.11. The zero-order valence-electron chi connectivity index (χ0n) is 12.4. The van der Waals surface area contributed by atoms with Gasteiger partial charge in [-0.25, -0.2) is 12.9 Å². The number of aryl methyl sites for hydroxylation is 1. The second-order valence-corrected chi connectivity index (χ2v) is 7.19. The molecule has 0 aliphatic carbocycles. The van der Waals surface area contributed by atoms with Crippen molar-refractivity contribution in [3.8, 4) is 22.5 Å². The minimum atomic E-state index is -3.19. The standard InChI is InChI=1S/C17H16NO3S/c1-18-12-16(13-6-4-3-5-7-13)17(21-18)14-8-10-15(11-9-14)22(2,19)20/h3-12H,1-2H3/q+1. The molecule has 1 aromatic heterocycles. The molecular formula is C17H16NO3S+. The van der Waals surface area contributed by atoms with Crippen molar-refractivity contribution in [1.29, 1.82) is 0 Å². The lowest BCUT2D eigenvalue weighted by molar-refractivity contribution is -0.843. The summed E-state index contributed by atoms with van der Waals surface area (Å²) < 4.78 is 30.5. The lowest BCUT2D eigenvalue weighted by atomic mass is 10.0. The van der Waals surface area contributed by atoms with Gasteiger partial charge in [0.15, 0.2) is 16.9 Å². The second-order valence-electron chi connectivity index (χ2n) is 5.17. The Morgan fingerprint density at radius 1 is 0.909 bits per heavy atom. The van der Waals surface area contributed by atoms with Gasteiger partial charge in [0.25, 0.3) is 0 Å². The van der Waals surface area contributed by atoms with E-state index < -0.39 is 9.84 Å². The van der Waals surface area contributed by atoms with E-state index in [1.165, 1.54) is 6.26 Å². The van der Waals surface area contributed by atoms with E-state index in [9.17, 15) is 8.42 Å². The van der Waals surface area contributed by atoms with E-state index in [0.717, 1.165) is 16.7 Å². The SMILES string of the molecule is C[n+]1cc(-c2ccccc2)c(-c2ccc(S(C)(=O)=O)cc2)o1. The highest BCUT2D eigenvalue weighted by molar-refractivity contribution is 7.90. The van der Waals surface area contributed by atoms with Gasteiger partial charge in [-0.05, 0) is 34.6 Å². The highest BCUT2D eigenvalue weighted by Crippen LogP contribution is 2.31. The average Bonchev–Trinajstić information content (AvgIpc) is 2.89. The Morgan fingerprint density at radius 2 is 1.55 bits per heavy atom.